The van der Waals surface area contributed by atoms with Crippen LogP contribution in [0, 0.1) is 23.2 Å². The number of hydrogen-bond acceptors (Lipinski definition) is 3. The average Bonchev–Trinajstić information content (AvgIpc) is 2.13. The van der Waals surface area contributed by atoms with E-state index in [2.05, 4.69) is 13.8 Å². The molecule has 0 spiro atoms. The third-order valence-corrected chi connectivity index (χ3v) is 2.07. The van der Waals surface area contributed by atoms with Gasteiger partial charge in [0.15, 0.2) is 0 Å². The monoisotopic (exact) mass is 256 g/mol. The number of carbonyl (C=O) groups is 1. The smallest absolute Gasteiger partial charge is 0.304 e. The van der Waals surface area contributed by atoms with Crippen LogP contribution in [0.1, 0.15) is 60.3 Å². The molecular formula is C14H28N2O2. The van der Waals surface area contributed by atoms with E-state index in [1.165, 1.54) is 0 Å². The summed E-state index contributed by atoms with van der Waals surface area (Å²) in [7, 11) is 0. The van der Waals surface area contributed by atoms with Crippen molar-refractivity contribution in [2.24, 2.45) is 17.6 Å². The van der Waals surface area contributed by atoms with Gasteiger partial charge in [-0.1, -0.05) is 26.7 Å². The lowest BCUT2D eigenvalue weighted by Crippen LogP contribution is -2.26. The molecular weight excluding hydrogens is 228 g/mol. The highest BCUT2D eigenvalue weighted by molar-refractivity contribution is 5.67. The molecule has 0 aliphatic carbocycles. The van der Waals surface area contributed by atoms with Crippen LogP contribution in [0.15, 0.2) is 0 Å². The van der Waals surface area contributed by atoms with Crippen LogP contribution in [0.5, 0.6) is 0 Å². The third-order valence-electron chi connectivity index (χ3n) is 2.07. The number of rotatable bonds is 6. The molecule has 0 saturated heterocycles. The van der Waals surface area contributed by atoms with Gasteiger partial charge >= 0.3 is 5.97 Å². The Morgan fingerprint density at radius 3 is 2.17 bits per heavy atom. The van der Waals surface area contributed by atoms with Gasteiger partial charge in [0.25, 0.3) is 0 Å². The van der Waals surface area contributed by atoms with Gasteiger partial charge in [-0.3, -0.25) is 4.79 Å². The molecule has 0 aromatic rings. The predicted octanol–water partition coefficient (Wildman–Crippen LogP) is 3.17. The summed E-state index contributed by atoms with van der Waals surface area (Å²) in [5.41, 5.74) is 5.35. The van der Waals surface area contributed by atoms with Crippen molar-refractivity contribution >= 4 is 5.97 Å². The molecule has 0 aliphatic heterocycles. The first-order valence-electron chi connectivity index (χ1n) is 6.50. The number of carboxylic acid groups (broad SMARTS) is 1. The van der Waals surface area contributed by atoms with Crippen LogP contribution in [0.25, 0.3) is 0 Å². The van der Waals surface area contributed by atoms with E-state index in [4.69, 9.17) is 16.1 Å². The van der Waals surface area contributed by atoms with E-state index in [1.54, 1.807) is 0 Å². The zero-order chi connectivity index (χ0) is 14.8. The van der Waals surface area contributed by atoms with Crippen LogP contribution in [0.3, 0.4) is 0 Å². The fraction of sp³-hybridized carbons (Fsp3) is 0.857. The molecule has 0 saturated carbocycles. The Balaban J connectivity index is 0. The van der Waals surface area contributed by atoms with Gasteiger partial charge in [-0.15, -0.1) is 0 Å². The minimum absolute atomic E-state index is 0. The lowest BCUT2D eigenvalue weighted by atomic mass is 9.91. The highest BCUT2D eigenvalue weighted by Crippen LogP contribution is 2.18. The van der Waals surface area contributed by atoms with Crippen molar-refractivity contribution < 1.29 is 9.90 Å². The topological polar surface area (TPSA) is 87.1 Å². The summed E-state index contributed by atoms with van der Waals surface area (Å²) in [6, 6.07) is 2.04. The van der Waals surface area contributed by atoms with Crippen LogP contribution in [0.4, 0.5) is 0 Å². The van der Waals surface area contributed by atoms with E-state index >= 15 is 0 Å². The number of aliphatic carboxylic acids is 1. The maximum atomic E-state index is 10.4. The van der Waals surface area contributed by atoms with Crippen LogP contribution in [0.2, 0.25) is 0 Å². The first-order chi connectivity index (χ1) is 8.10. The van der Waals surface area contributed by atoms with Gasteiger partial charge in [-0.25, -0.2) is 0 Å². The predicted molar refractivity (Wildman–Crippen MR) is 74.0 cm³/mol. The molecule has 106 valence electrons. The minimum Gasteiger partial charge on any atom is -0.481 e. The molecule has 3 N–H and O–H groups in total. The molecule has 0 heterocycles. The summed E-state index contributed by atoms with van der Waals surface area (Å²) >= 11 is 0. The lowest BCUT2D eigenvalue weighted by Gasteiger charge is -2.12. The molecule has 0 aliphatic rings. The van der Waals surface area contributed by atoms with Crippen molar-refractivity contribution in [3.05, 3.63) is 0 Å². The summed E-state index contributed by atoms with van der Waals surface area (Å²) in [4.78, 5) is 10.4. The molecule has 0 radical (unpaired) electrons. The Hall–Kier alpha value is -1.08. The normalized spacial score (nSPS) is 13.8. The van der Waals surface area contributed by atoms with E-state index in [1.807, 2.05) is 26.8 Å². The van der Waals surface area contributed by atoms with E-state index in [9.17, 15) is 4.79 Å². The van der Waals surface area contributed by atoms with Crippen molar-refractivity contribution in [1.82, 2.24) is 0 Å². The second-order valence-corrected chi connectivity index (χ2v) is 5.92. The Bertz CT molecular complexity index is 258. The molecule has 4 heteroatoms. The fourth-order valence-corrected chi connectivity index (χ4v) is 1.49. The van der Waals surface area contributed by atoms with Crippen LogP contribution >= 0.6 is 0 Å². The molecule has 0 aromatic heterocycles. The molecule has 0 bridgehead atoms. The van der Waals surface area contributed by atoms with E-state index in [0.29, 0.717) is 12.3 Å². The van der Waals surface area contributed by atoms with E-state index < -0.39 is 5.97 Å². The van der Waals surface area contributed by atoms with Crippen molar-refractivity contribution in [3.63, 3.8) is 0 Å². The zero-order valence-corrected chi connectivity index (χ0v) is 12.4. The van der Waals surface area contributed by atoms with Gasteiger partial charge in [0.2, 0.25) is 0 Å². The van der Waals surface area contributed by atoms with E-state index in [0.717, 1.165) is 12.8 Å². The maximum absolute atomic E-state index is 10.4. The number of hydrogen-bond donors (Lipinski definition) is 2. The second-order valence-electron chi connectivity index (χ2n) is 5.92. The van der Waals surface area contributed by atoms with Gasteiger partial charge in [0.1, 0.15) is 0 Å². The Morgan fingerprint density at radius 2 is 1.89 bits per heavy atom. The van der Waals surface area contributed by atoms with Gasteiger partial charge in [-0.2, -0.15) is 5.26 Å². The number of nitrogens with two attached hydrogens (primary N) is 1. The molecule has 0 unspecified atom stereocenters. The SMILES string of the molecule is CC(C)(C)N.CCC[C@@H](C)C[C@H](C#N)CC(=O)O. The van der Waals surface area contributed by atoms with Gasteiger partial charge < -0.3 is 10.8 Å². The van der Waals surface area contributed by atoms with Crippen molar-refractivity contribution in [2.75, 3.05) is 0 Å². The Morgan fingerprint density at radius 1 is 1.44 bits per heavy atom. The minimum atomic E-state index is -0.879. The molecule has 4 nitrogen and oxygen atoms in total. The first-order valence-corrected chi connectivity index (χ1v) is 6.50. The molecule has 0 rings (SSSR count). The van der Waals surface area contributed by atoms with Crippen LogP contribution < -0.4 is 5.73 Å². The number of nitriles is 1. The highest BCUT2D eigenvalue weighted by atomic mass is 16.4. The standard InChI is InChI=1S/C10H17NO2.C4H11N/c1-3-4-8(2)5-9(7-11)6-10(12)13;1-4(2,3)5/h8-9H,3-6H2,1-2H3,(H,12,13);5H2,1-3H3/t8-,9+;/m1./s1. The third kappa shape index (κ3) is 20.3. The molecule has 2 atom stereocenters. The molecule has 0 fully saturated rings. The first kappa shape index (κ1) is 19.3. The number of nitrogens with zero attached hydrogens (tertiary/aromatic N) is 1. The van der Waals surface area contributed by atoms with E-state index in [-0.39, 0.29) is 17.9 Å². The Labute approximate surface area is 111 Å². The summed E-state index contributed by atoms with van der Waals surface area (Å²) in [6.45, 7) is 10.1. The van der Waals surface area contributed by atoms with Crippen molar-refractivity contribution in [2.45, 2.75) is 65.8 Å². The quantitative estimate of drug-likeness (QED) is 0.764. The lowest BCUT2D eigenvalue weighted by molar-refractivity contribution is -0.137. The van der Waals surface area contributed by atoms with Crippen LogP contribution in [-0.4, -0.2) is 16.6 Å². The maximum Gasteiger partial charge on any atom is 0.304 e. The average molecular weight is 256 g/mol. The van der Waals surface area contributed by atoms with Gasteiger partial charge in [-0.05, 0) is 33.1 Å². The molecule has 18 heavy (non-hydrogen) atoms. The summed E-state index contributed by atoms with van der Waals surface area (Å²) < 4.78 is 0. The van der Waals surface area contributed by atoms with Gasteiger partial charge in [0.05, 0.1) is 18.4 Å². The fourth-order valence-electron chi connectivity index (χ4n) is 1.49. The van der Waals surface area contributed by atoms with Gasteiger partial charge in [0, 0.05) is 5.54 Å². The molecule has 0 aromatic carbocycles. The van der Waals surface area contributed by atoms with Crippen molar-refractivity contribution in [1.29, 1.82) is 5.26 Å². The summed E-state index contributed by atoms with van der Waals surface area (Å²) in [5.74, 6) is -0.747. The summed E-state index contributed by atoms with van der Waals surface area (Å²) in [6.07, 6.45) is 2.84. The second kappa shape index (κ2) is 9.90. The van der Waals surface area contributed by atoms with Crippen molar-refractivity contribution in [3.8, 4) is 6.07 Å². The number of carboxylic acids is 1. The Kier molecular flexibility index (Phi) is 10.6. The summed E-state index contributed by atoms with van der Waals surface area (Å²) in [5, 5.41) is 17.2. The largest absolute Gasteiger partial charge is 0.481 e. The van der Waals surface area contributed by atoms with Crippen LogP contribution in [-0.2, 0) is 4.79 Å². The highest BCUT2D eigenvalue weighted by Gasteiger charge is 2.15. The zero-order valence-electron chi connectivity index (χ0n) is 12.4. The molecule has 0 amide bonds.